The van der Waals surface area contributed by atoms with Gasteiger partial charge >= 0.3 is 12.1 Å². The average Bonchev–Trinajstić information content (AvgIpc) is 2.66. The number of aliphatic hydroxyl groups excluding tert-OH is 1. The number of nitrogens with one attached hydrogen (secondary N) is 1. The molecule has 0 bridgehead atoms. The highest BCUT2D eigenvalue weighted by atomic mass is 19.4. The molecule has 3 N–H and O–H groups in total. The summed E-state index contributed by atoms with van der Waals surface area (Å²) in [6, 6.07) is 9.97. The van der Waals surface area contributed by atoms with Crippen molar-refractivity contribution >= 4 is 11.9 Å². The molecule has 6 nitrogen and oxygen atoms in total. The van der Waals surface area contributed by atoms with Gasteiger partial charge in [-0.2, -0.15) is 18.4 Å². The van der Waals surface area contributed by atoms with E-state index < -0.39 is 35.8 Å². The smallest absolute Gasteiger partial charge is 0.416 e. The van der Waals surface area contributed by atoms with Gasteiger partial charge in [0.2, 0.25) is 0 Å². The Hall–Kier alpha value is -3.38. The molecule has 2 aromatic rings. The van der Waals surface area contributed by atoms with Gasteiger partial charge in [-0.15, -0.1) is 0 Å². The molecule has 0 radical (unpaired) electrons. The second-order valence-electron chi connectivity index (χ2n) is 5.94. The second-order valence-corrected chi connectivity index (χ2v) is 5.94. The Bertz CT molecular complexity index is 905. The van der Waals surface area contributed by atoms with Gasteiger partial charge < -0.3 is 15.5 Å². The lowest BCUT2D eigenvalue weighted by Crippen LogP contribution is -2.44. The van der Waals surface area contributed by atoms with Crippen molar-refractivity contribution in [1.29, 1.82) is 5.26 Å². The van der Waals surface area contributed by atoms with Gasteiger partial charge in [-0.05, 0) is 35.4 Å². The number of aliphatic carboxylic acids is 1. The molecule has 2 atom stereocenters. The molecule has 2 rings (SSSR count). The van der Waals surface area contributed by atoms with Gasteiger partial charge in [0, 0.05) is 6.42 Å². The molecule has 0 saturated heterocycles. The van der Waals surface area contributed by atoms with Crippen LogP contribution in [0.5, 0.6) is 0 Å². The fourth-order valence-corrected chi connectivity index (χ4v) is 2.46. The van der Waals surface area contributed by atoms with Crippen molar-refractivity contribution in [3.8, 4) is 6.07 Å². The van der Waals surface area contributed by atoms with Crippen LogP contribution in [-0.2, 0) is 22.2 Å². The molecule has 0 aliphatic rings. The normalized spacial score (nSPS) is 13.2. The second kappa shape index (κ2) is 8.54. The van der Waals surface area contributed by atoms with Gasteiger partial charge in [-0.1, -0.05) is 24.3 Å². The van der Waals surface area contributed by atoms with Gasteiger partial charge in [0.05, 0.1) is 17.2 Å². The van der Waals surface area contributed by atoms with E-state index in [4.69, 9.17) is 5.26 Å². The van der Waals surface area contributed by atoms with Crippen LogP contribution in [0.1, 0.15) is 28.4 Å². The van der Waals surface area contributed by atoms with E-state index in [0.29, 0.717) is 23.3 Å². The van der Waals surface area contributed by atoms with E-state index in [1.807, 2.05) is 6.07 Å². The number of hydrogen-bond donors (Lipinski definition) is 3. The highest BCUT2D eigenvalue weighted by Crippen LogP contribution is 2.30. The Morgan fingerprint density at radius 3 is 2.32 bits per heavy atom. The number of halogens is 3. The number of hydrogen-bond acceptors (Lipinski definition) is 4. The highest BCUT2D eigenvalue weighted by molar-refractivity contribution is 5.87. The van der Waals surface area contributed by atoms with E-state index in [2.05, 4.69) is 5.32 Å². The van der Waals surface area contributed by atoms with Crippen molar-refractivity contribution in [2.75, 3.05) is 0 Å². The highest BCUT2D eigenvalue weighted by Gasteiger charge is 2.31. The first kappa shape index (κ1) is 20.9. The Kier molecular flexibility index (Phi) is 6.38. The molecule has 2 aromatic carbocycles. The van der Waals surface area contributed by atoms with Crippen molar-refractivity contribution in [3.63, 3.8) is 0 Å². The third kappa shape index (κ3) is 5.31. The monoisotopic (exact) mass is 392 g/mol. The van der Waals surface area contributed by atoms with Crippen LogP contribution in [0.25, 0.3) is 0 Å². The number of carbonyl (C=O) groups is 2. The molecule has 0 aliphatic heterocycles. The SMILES string of the molecule is N#Cc1cccc(C[C@@H](NC(=O)[C@H](O)c2ccc(C(F)(F)F)cc2)C(=O)O)c1. The Labute approximate surface area is 157 Å². The van der Waals surface area contributed by atoms with Crippen molar-refractivity contribution < 1.29 is 33.0 Å². The Morgan fingerprint density at radius 2 is 1.79 bits per heavy atom. The Balaban J connectivity index is 2.10. The lowest BCUT2D eigenvalue weighted by atomic mass is 10.0. The van der Waals surface area contributed by atoms with Gasteiger partial charge in [0.15, 0.2) is 6.10 Å². The number of carboxylic acid groups (broad SMARTS) is 1. The van der Waals surface area contributed by atoms with Crippen LogP contribution in [0.2, 0.25) is 0 Å². The lowest BCUT2D eigenvalue weighted by Gasteiger charge is -2.18. The molecule has 0 heterocycles. The van der Waals surface area contributed by atoms with Crippen LogP contribution in [0.15, 0.2) is 48.5 Å². The van der Waals surface area contributed by atoms with Crippen LogP contribution in [0, 0.1) is 11.3 Å². The summed E-state index contributed by atoms with van der Waals surface area (Å²) in [7, 11) is 0. The van der Waals surface area contributed by atoms with Crippen LogP contribution in [0.3, 0.4) is 0 Å². The van der Waals surface area contributed by atoms with Crippen molar-refractivity contribution in [2.24, 2.45) is 0 Å². The first-order valence-corrected chi connectivity index (χ1v) is 7.99. The Morgan fingerprint density at radius 1 is 1.14 bits per heavy atom. The number of alkyl halides is 3. The van der Waals surface area contributed by atoms with Crippen LogP contribution < -0.4 is 5.32 Å². The molecule has 0 fully saturated rings. The minimum Gasteiger partial charge on any atom is -0.480 e. The summed E-state index contributed by atoms with van der Waals surface area (Å²) in [6.45, 7) is 0. The summed E-state index contributed by atoms with van der Waals surface area (Å²) in [5.74, 6) is -2.43. The van der Waals surface area contributed by atoms with Crippen LogP contribution in [0.4, 0.5) is 13.2 Å². The molecule has 0 unspecified atom stereocenters. The summed E-state index contributed by atoms with van der Waals surface area (Å²) in [5, 5.41) is 30.4. The van der Waals surface area contributed by atoms with Crippen molar-refractivity contribution in [1.82, 2.24) is 5.32 Å². The first-order valence-electron chi connectivity index (χ1n) is 7.99. The molecule has 0 saturated carbocycles. The zero-order valence-electron chi connectivity index (χ0n) is 14.3. The maximum absolute atomic E-state index is 12.6. The summed E-state index contributed by atoms with van der Waals surface area (Å²) in [4.78, 5) is 23.6. The number of aliphatic hydroxyl groups is 1. The fraction of sp³-hybridized carbons (Fsp3) is 0.211. The van der Waals surface area contributed by atoms with E-state index in [-0.39, 0.29) is 12.0 Å². The van der Waals surface area contributed by atoms with Crippen molar-refractivity contribution in [2.45, 2.75) is 24.7 Å². The van der Waals surface area contributed by atoms with E-state index >= 15 is 0 Å². The van der Waals surface area contributed by atoms with E-state index in [0.717, 1.165) is 12.1 Å². The maximum atomic E-state index is 12.6. The number of carboxylic acids is 1. The zero-order valence-corrected chi connectivity index (χ0v) is 14.3. The molecule has 9 heteroatoms. The molecule has 28 heavy (non-hydrogen) atoms. The summed E-state index contributed by atoms with van der Waals surface area (Å²) < 4.78 is 37.7. The number of rotatable bonds is 6. The first-order chi connectivity index (χ1) is 13.1. The van der Waals surface area contributed by atoms with Gasteiger partial charge in [0.1, 0.15) is 6.04 Å². The molecule has 146 valence electrons. The van der Waals surface area contributed by atoms with Gasteiger partial charge in [-0.3, -0.25) is 4.79 Å². The average molecular weight is 392 g/mol. The van der Waals surface area contributed by atoms with E-state index in [9.17, 15) is 33.0 Å². The third-order valence-electron chi connectivity index (χ3n) is 3.91. The number of nitrogens with zero attached hydrogens (tertiary/aromatic N) is 1. The standard InChI is InChI=1S/C19H15F3N2O4/c20-19(21,22)14-6-4-13(5-7-14)16(25)17(26)24-15(18(27)28)9-11-2-1-3-12(8-11)10-23/h1-8,15-16,25H,9H2,(H,24,26)(H,27,28)/t15-,16-/m1/s1. The van der Waals surface area contributed by atoms with E-state index in [1.54, 1.807) is 12.1 Å². The van der Waals surface area contributed by atoms with Crippen LogP contribution >= 0.6 is 0 Å². The minimum atomic E-state index is -4.56. The van der Waals surface area contributed by atoms with E-state index in [1.165, 1.54) is 12.1 Å². The number of benzene rings is 2. The number of nitriles is 1. The zero-order chi connectivity index (χ0) is 20.9. The molecule has 0 aliphatic carbocycles. The molecule has 1 amide bonds. The summed E-state index contributed by atoms with van der Waals surface area (Å²) in [6.07, 6.45) is -6.54. The minimum absolute atomic E-state index is 0.110. The third-order valence-corrected chi connectivity index (χ3v) is 3.91. The summed E-state index contributed by atoms with van der Waals surface area (Å²) in [5.41, 5.74) is -0.251. The van der Waals surface area contributed by atoms with Crippen molar-refractivity contribution in [3.05, 3.63) is 70.8 Å². The maximum Gasteiger partial charge on any atom is 0.416 e. The number of amides is 1. The van der Waals surface area contributed by atoms with Gasteiger partial charge in [-0.25, -0.2) is 4.79 Å². The van der Waals surface area contributed by atoms with Crippen LogP contribution in [-0.4, -0.2) is 28.1 Å². The predicted octanol–water partition coefficient (Wildman–Crippen LogP) is 2.42. The summed E-state index contributed by atoms with van der Waals surface area (Å²) >= 11 is 0. The van der Waals surface area contributed by atoms with Gasteiger partial charge in [0.25, 0.3) is 5.91 Å². The quantitative estimate of drug-likeness (QED) is 0.699. The lowest BCUT2D eigenvalue weighted by molar-refractivity contribution is -0.143. The topological polar surface area (TPSA) is 110 Å². The molecular weight excluding hydrogens is 377 g/mol. The predicted molar refractivity (Wildman–Crippen MR) is 90.8 cm³/mol. The molecule has 0 spiro atoms. The molecule has 0 aromatic heterocycles. The largest absolute Gasteiger partial charge is 0.480 e. The fourth-order valence-electron chi connectivity index (χ4n) is 2.46. The molecular formula is C19H15F3N2O4. The number of carbonyl (C=O) groups excluding carboxylic acids is 1.